The van der Waals surface area contributed by atoms with E-state index in [1.807, 2.05) is 0 Å². The monoisotopic (exact) mass is 140 g/mol. The molecule has 0 aromatic carbocycles. The van der Waals surface area contributed by atoms with E-state index in [0.29, 0.717) is 0 Å². The van der Waals surface area contributed by atoms with Crippen molar-refractivity contribution in [1.82, 2.24) is 0 Å². The average molecular weight is 140 g/mol. The van der Waals surface area contributed by atoms with Crippen LogP contribution in [0.15, 0.2) is 0 Å². The van der Waals surface area contributed by atoms with Crippen LogP contribution in [0.5, 0.6) is 0 Å². The van der Waals surface area contributed by atoms with Crippen molar-refractivity contribution in [1.29, 1.82) is 0 Å². The van der Waals surface area contributed by atoms with Crippen LogP contribution in [0.4, 0.5) is 9.59 Å². The van der Waals surface area contributed by atoms with Gasteiger partial charge in [0.05, 0.1) is 0 Å². The second kappa shape index (κ2) is 15.9. The van der Waals surface area contributed by atoms with Gasteiger partial charge in [0.25, 0.3) is 0 Å². The van der Waals surface area contributed by atoms with Crippen molar-refractivity contribution < 1.29 is 70.6 Å². The van der Waals surface area contributed by atoms with Crippen LogP contribution in [-0.2, 0) is 0 Å². The molecule has 0 saturated heterocycles. The molecule has 0 heterocycles. The number of rotatable bonds is 0. The maximum atomic E-state index is 8.56. The minimum absolute atomic E-state index is 0. The zero-order chi connectivity index (χ0) is 7.15. The standard InChI is InChI=1S/2CH2O3.2Li.2H/c2*2-1(3)4;;;;/h2*(H2,2,3,4);;;;/q;;2*+1;2*-1. The van der Waals surface area contributed by atoms with Gasteiger partial charge in [0.1, 0.15) is 0 Å². The van der Waals surface area contributed by atoms with Crippen LogP contribution in [-0.4, -0.2) is 32.7 Å². The summed E-state index contributed by atoms with van der Waals surface area (Å²) >= 11 is 0. The molecule has 10 heavy (non-hydrogen) atoms. The Hall–Kier alpha value is -0.265. The molecule has 0 aliphatic carbocycles. The predicted molar refractivity (Wildman–Crippen MR) is 23.5 cm³/mol. The number of hydrogen-bond acceptors (Lipinski definition) is 2. The van der Waals surface area contributed by atoms with E-state index in [1.165, 1.54) is 0 Å². The van der Waals surface area contributed by atoms with E-state index in [1.54, 1.807) is 0 Å². The van der Waals surface area contributed by atoms with Crippen molar-refractivity contribution in [2.45, 2.75) is 0 Å². The quantitative estimate of drug-likeness (QED) is 0.250. The summed E-state index contributed by atoms with van der Waals surface area (Å²) in [6.45, 7) is 0. The molecule has 0 fully saturated rings. The number of carboxylic acid groups (broad SMARTS) is 4. The Morgan fingerprint density at radius 2 is 0.800 bits per heavy atom. The van der Waals surface area contributed by atoms with Crippen molar-refractivity contribution in [3.63, 3.8) is 0 Å². The summed E-state index contributed by atoms with van der Waals surface area (Å²) in [5.41, 5.74) is 0. The summed E-state index contributed by atoms with van der Waals surface area (Å²) in [7, 11) is 0. The van der Waals surface area contributed by atoms with Gasteiger partial charge in [-0.3, -0.25) is 0 Å². The zero-order valence-corrected chi connectivity index (χ0v) is 5.61. The van der Waals surface area contributed by atoms with Crippen molar-refractivity contribution >= 4 is 12.3 Å². The van der Waals surface area contributed by atoms with Gasteiger partial charge in [0.2, 0.25) is 0 Å². The van der Waals surface area contributed by atoms with Gasteiger partial charge >= 0.3 is 50.0 Å². The van der Waals surface area contributed by atoms with Gasteiger partial charge < -0.3 is 23.3 Å². The Morgan fingerprint density at radius 3 is 0.800 bits per heavy atom. The molecule has 0 amide bonds. The fourth-order valence-electron chi connectivity index (χ4n) is 0. The van der Waals surface area contributed by atoms with Gasteiger partial charge in [0, 0.05) is 0 Å². The van der Waals surface area contributed by atoms with Gasteiger partial charge in [-0.2, -0.15) is 0 Å². The van der Waals surface area contributed by atoms with Crippen molar-refractivity contribution in [3.05, 3.63) is 0 Å². The van der Waals surface area contributed by atoms with E-state index in [-0.39, 0.29) is 40.6 Å². The SMILES string of the molecule is O=C(O)O.O=C(O)O.[H-].[H-].[Li+].[Li+]. The molecule has 0 radical (unpaired) electrons. The largest absolute Gasteiger partial charge is 1.00 e. The fraction of sp³-hybridized carbons (Fsp3) is 0. The minimum Gasteiger partial charge on any atom is -1.00 e. The Kier molecular flexibility index (Phi) is 35.9. The Morgan fingerprint density at radius 1 is 0.800 bits per heavy atom. The molecular formula is C2H6Li2O6. The molecule has 0 unspecified atom stereocenters. The summed E-state index contributed by atoms with van der Waals surface area (Å²) in [6.07, 6.45) is -3.67. The van der Waals surface area contributed by atoms with E-state index in [9.17, 15) is 0 Å². The van der Waals surface area contributed by atoms with E-state index >= 15 is 0 Å². The van der Waals surface area contributed by atoms with Crippen LogP contribution in [0.1, 0.15) is 2.85 Å². The smallest absolute Gasteiger partial charge is 1.00 e. The normalized spacial score (nSPS) is 4.80. The maximum Gasteiger partial charge on any atom is 1.00 e. The van der Waals surface area contributed by atoms with Crippen LogP contribution in [0.2, 0.25) is 0 Å². The molecule has 0 aromatic heterocycles. The van der Waals surface area contributed by atoms with Gasteiger partial charge in [0.15, 0.2) is 0 Å². The first-order chi connectivity index (χ1) is 3.46. The van der Waals surface area contributed by atoms with Gasteiger partial charge in [-0.1, -0.05) is 0 Å². The first-order valence-corrected chi connectivity index (χ1v) is 1.30. The molecule has 0 spiro atoms. The second-order valence-electron chi connectivity index (χ2n) is 0.565. The van der Waals surface area contributed by atoms with Crippen LogP contribution < -0.4 is 37.7 Å². The number of hydrogen-bond donors (Lipinski definition) is 4. The Labute approximate surface area is 83.2 Å². The summed E-state index contributed by atoms with van der Waals surface area (Å²) in [5.74, 6) is 0. The van der Waals surface area contributed by atoms with Gasteiger partial charge in [-0.05, 0) is 0 Å². The van der Waals surface area contributed by atoms with Gasteiger partial charge in [-0.15, -0.1) is 0 Å². The summed E-state index contributed by atoms with van der Waals surface area (Å²) in [4.78, 5) is 17.1. The summed E-state index contributed by atoms with van der Waals surface area (Å²) < 4.78 is 0. The molecule has 0 atom stereocenters. The molecule has 0 aliphatic heterocycles. The first kappa shape index (κ1) is 22.6. The summed E-state index contributed by atoms with van der Waals surface area (Å²) in [6, 6.07) is 0. The van der Waals surface area contributed by atoms with Crippen molar-refractivity contribution in [2.24, 2.45) is 0 Å². The van der Waals surface area contributed by atoms with Gasteiger partial charge in [-0.25, -0.2) is 9.59 Å². The molecule has 0 aliphatic rings. The third-order valence-electron chi connectivity index (χ3n) is 0. The maximum absolute atomic E-state index is 8.56. The van der Waals surface area contributed by atoms with Crippen LogP contribution in [0, 0.1) is 0 Å². The van der Waals surface area contributed by atoms with Crippen LogP contribution in [0.25, 0.3) is 0 Å². The minimum atomic E-state index is -1.83. The third kappa shape index (κ3) is 4990. The van der Waals surface area contributed by atoms with Crippen LogP contribution >= 0.6 is 0 Å². The van der Waals surface area contributed by atoms with E-state index < -0.39 is 12.3 Å². The second-order valence-corrected chi connectivity index (χ2v) is 0.565. The Balaban J connectivity index is -0.0000000112. The molecule has 0 rings (SSSR count). The fourth-order valence-corrected chi connectivity index (χ4v) is 0. The van der Waals surface area contributed by atoms with E-state index in [0.717, 1.165) is 0 Å². The molecular weight excluding hydrogens is 134 g/mol. The zero-order valence-electron chi connectivity index (χ0n) is 7.61. The molecule has 52 valence electrons. The topological polar surface area (TPSA) is 115 Å². The van der Waals surface area contributed by atoms with E-state index in [2.05, 4.69) is 0 Å². The number of carbonyl (C=O) groups is 2. The molecule has 8 heteroatoms. The first-order valence-electron chi connectivity index (χ1n) is 1.30. The Bertz CT molecular complexity index is 79.5. The third-order valence-corrected chi connectivity index (χ3v) is 0. The van der Waals surface area contributed by atoms with E-state index in [4.69, 9.17) is 30.0 Å². The average Bonchev–Trinajstić information content (AvgIpc) is 1.25. The molecule has 0 aromatic rings. The summed E-state index contributed by atoms with van der Waals surface area (Å²) in [5, 5.41) is 27.9. The molecule has 0 bridgehead atoms. The predicted octanol–water partition coefficient (Wildman–Crippen LogP) is -5.32. The van der Waals surface area contributed by atoms with Crippen molar-refractivity contribution in [3.8, 4) is 0 Å². The molecule has 0 saturated carbocycles. The van der Waals surface area contributed by atoms with Crippen molar-refractivity contribution in [2.75, 3.05) is 0 Å². The molecule has 4 N–H and O–H groups in total. The van der Waals surface area contributed by atoms with Crippen LogP contribution in [0.3, 0.4) is 0 Å². The molecule has 6 nitrogen and oxygen atoms in total.